The second-order valence-electron chi connectivity index (χ2n) is 3.79. The van der Waals surface area contributed by atoms with Gasteiger partial charge in [0.25, 0.3) is 0 Å². The Hall–Kier alpha value is -1.50. The molecule has 0 aliphatic heterocycles. The van der Waals surface area contributed by atoms with E-state index in [2.05, 4.69) is 4.18 Å². The monoisotopic (exact) mass is 278 g/mol. The standard InChI is InChI=1S/C11H9F3O3S/c12-11(13,14)18(15,16)17-10-6-5-8-3-1-2-4-9(8)7-10/h1-4,7H,5-6H2. The minimum atomic E-state index is -5.57. The van der Waals surface area contributed by atoms with E-state index in [0.29, 0.717) is 12.0 Å². The third-order valence-corrected chi connectivity index (χ3v) is 3.51. The molecule has 0 fully saturated rings. The molecule has 98 valence electrons. The van der Waals surface area contributed by atoms with Crippen LogP contribution in [0.5, 0.6) is 0 Å². The van der Waals surface area contributed by atoms with Crippen LogP contribution in [-0.2, 0) is 20.7 Å². The van der Waals surface area contributed by atoms with Gasteiger partial charge in [-0.05, 0) is 23.6 Å². The van der Waals surface area contributed by atoms with Crippen LogP contribution in [0.1, 0.15) is 17.5 Å². The molecule has 1 aromatic rings. The second kappa shape index (κ2) is 4.31. The minimum absolute atomic E-state index is 0.131. The summed E-state index contributed by atoms with van der Waals surface area (Å²) in [6.07, 6.45) is 1.91. The third-order valence-electron chi connectivity index (χ3n) is 2.51. The zero-order valence-corrected chi connectivity index (χ0v) is 9.88. The first-order valence-corrected chi connectivity index (χ1v) is 6.50. The fraction of sp³-hybridized carbons (Fsp3) is 0.273. The molecule has 1 aromatic carbocycles. The van der Waals surface area contributed by atoms with E-state index in [4.69, 9.17) is 0 Å². The lowest BCUT2D eigenvalue weighted by molar-refractivity contribution is -0.0522. The molecular formula is C11H9F3O3S. The average molecular weight is 278 g/mol. The van der Waals surface area contributed by atoms with Crippen molar-refractivity contribution in [1.29, 1.82) is 0 Å². The molecule has 7 heteroatoms. The van der Waals surface area contributed by atoms with Crippen molar-refractivity contribution in [1.82, 2.24) is 0 Å². The Morgan fingerprint density at radius 2 is 1.78 bits per heavy atom. The number of halogens is 3. The van der Waals surface area contributed by atoms with E-state index in [0.717, 1.165) is 5.56 Å². The predicted molar refractivity (Wildman–Crippen MR) is 58.8 cm³/mol. The first-order chi connectivity index (χ1) is 8.29. The zero-order valence-electron chi connectivity index (χ0n) is 9.07. The van der Waals surface area contributed by atoms with Crippen molar-refractivity contribution in [3.8, 4) is 0 Å². The highest BCUT2D eigenvalue weighted by molar-refractivity contribution is 7.87. The molecular weight excluding hydrogens is 269 g/mol. The van der Waals surface area contributed by atoms with Crippen LogP contribution in [0.3, 0.4) is 0 Å². The Morgan fingerprint density at radius 1 is 1.11 bits per heavy atom. The van der Waals surface area contributed by atoms with Crippen LogP contribution in [0.4, 0.5) is 13.2 Å². The largest absolute Gasteiger partial charge is 0.534 e. The Kier molecular flexibility index (Phi) is 3.10. The molecule has 0 saturated heterocycles. The first kappa shape index (κ1) is 12.9. The molecule has 0 aromatic heterocycles. The van der Waals surface area contributed by atoms with Crippen LogP contribution in [0.2, 0.25) is 0 Å². The summed E-state index contributed by atoms with van der Waals surface area (Å²) in [6, 6.07) is 7.06. The molecule has 1 aliphatic rings. The van der Waals surface area contributed by atoms with Gasteiger partial charge in [-0.1, -0.05) is 24.3 Å². The number of alkyl halides is 3. The molecule has 0 atom stereocenters. The number of rotatable bonds is 2. The molecule has 0 spiro atoms. The molecule has 0 N–H and O–H groups in total. The number of fused-ring (bicyclic) bond motifs is 1. The lowest BCUT2D eigenvalue weighted by Gasteiger charge is -2.17. The molecule has 0 heterocycles. The van der Waals surface area contributed by atoms with E-state index < -0.39 is 15.6 Å². The van der Waals surface area contributed by atoms with Crippen LogP contribution in [-0.4, -0.2) is 13.9 Å². The van der Waals surface area contributed by atoms with Crippen LogP contribution in [0.15, 0.2) is 30.0 Å². The van der Waals surface area contributed by atoms with Gasteiger partial charge in [-0.15, -0.1) is 0 Å². The number of hydrogen-bond donors (Lipinski definition) is 0. The first-order valence-electron chi connectivity index (χ1n) is 5.09. The molecule has 3 nitrogen and oxygen atoms in total. The summed E-state index contributed by atoms with van der Waals surface area (Å²) in [5.41, 5.74) is -3.77. The van der Waals surface area contributed by atoms with Gasteiger partial charge in [-0.25, -0.2) is 0 Å². The summed E-state index contributed by atoms with van der Waals surface area (Å²) < 4.78 is 62.2. The summed E-state index contributed by atoms with van der Waals surface area (Å²) in [5.74, 6) is -0.189. The van der Waals surface area contributed by atoms with Crippen molar-refractivity contribution >= 4 is 16.2 Å². The Morgan fingerprint density at radius 3 is 2.44 bits per heavy atom. The molecule has 18 heavy (non-hydrogen) atoms. The van der Waals surface area contributed by atoms with E-state index in [1.807, 2.05) is 12.1 Å². The third kappa shape index (κ3) is 2.50. The fourth-order valence-electron chi connectivity index (χ4n) is 1.66. The van der Waals surface area contributed by atoms with Gasteiger partial charge in [-0.2, -0.15) is 21.6 Å². The van der Waals surface area contributed by atoms with E-state index in [1.54, 1.807) is 12.1 Å². The van der Waals surface area contributed by atoms with Crippen molar-refractivity contribution in [3.05, 3.63) is 41.2 Å². The van der Waals surface area contributed by atoms with E-state index in [1.165, 1.54) is 6.08 Å². The lowest BCUT2D eigenvalue weighted by Crippen LogP contribution is -2.25. The van der Waals surface area contributed by atoms with Gasteiger partial charge in [0, 0.05) is 6.42 Å². The fourth-order valence-corrected chi connectivity index (χ4v) is 2.17. The van der Waals surface area contributed by atoms with E-state index in [9.17, 15) is 21.6 Å². The van der Waals surface area contributed by atoms with Gasteiger partial charge in [0.2, 0.25) is 0 Å². The normalized spacial score (nSPS) is 15.8. The molecule has 0 saturated carbocycles. The van der Waals surface area contributed by atoms with Crippen molar-refractivity contribution in [2.24, 2.45) is 0 Å². The maximum Gasteiger partial charge on any atom is 0.534 e. The van der Waals surface area contributed by atoms with Crippen molar-refractivity contribution in [2.45, 2.75) is 18.3 Å². The van der Waals surface area contributed by atoms with Crippen LogP contribution >= 0.6 is 0 Å². The quantitative estimate of drug-likeness (QED) is 0.617. The SMILES string of the molecule is O=S(=O)(OC1=Cc2ccccc2CC1)C(F)(F)F. The van der Waals surface area contributed by atoms with Crippen molar-refractivity contribution in [3.63, 3.8) is 0 Å². The molecule has 1 aliphatic carbocycles. The average Bonchev–Trinajstić information content (AvgIpc) is 2.27. The molecule has 0 radical (unpaired) electrons. The van der Waals surface area contributed by atoms with Crippen LogP contribution in [0, 0.1) is 0 Å². The molecule has 0 unspecified atom stereocenters. The molecule has 0 amide bonds. The summed E-state index contributed by atoms with van der Waals surface area (Å²) >= 11 is 0. The van der Waals surface area contributed by atoms with Gasteiger partial charge >= 0.3 is 15.6 Å². The highest BCUT2D eigenvalue weighted by Crippen LogP contribution is 2.31. The van der Waals surface area contributed by atoms with E-state index >= 15 is 0 Å². The lowest BCUT2D eigenvalue weighted by atomic mass is 9.97. The molecule has 0 bridgehead atoms. The summed E-state index contributed by atoms with van der Waals surface area (Å²) in [5, 5.41) is 0. The maximum absolute atomic E-state index is 12.1. The molecule has 2 rings (SSSR count). The number of aryl methyl sites for hydroxylation is 1. The Labute approximate surface area is 102 Å². The Balaban J connectivity index is 2.26. The van der Waals surface area contributed by atoms with Gasteiger partial charge in [-0.3, -0.25) is 0 Å². The van der Waals surface area contributed by atoms with Gasteiger partial charge < -0.3 is 4.18 Å². The summed E-state index contributed by atoms with van der Waals surface area (Å²) in [7, 11) is -5.57. The Bertz CT molecular complexity index is 588. The van der Waals surface area contributed by atoms with Gasteiger partial charge in [0.15, 0.2) is 0 Å². The highest BCUT2D eigenvalue weighted by atomic mass is 32.2. The number of allylic oxidation sites excluding steroid dienone is 1. The highest BCUT2D eigenvalue weighted by Gasteiger charge is 2.48. The predicted octanol–water partition coefficient (Wildman–Crippen LogP) is 2.84. The zero-order chi connectivity index (χ0) is 13.4. The second-order valence-corrected chi connectivity index (χ2v) is 5.33. The van der Waals surface area contributed by atoms with Gasteiger partial charge in [0.1, 0.15) is 5.76 Å². The smallest absolute Gasteiger partial charge is 0.381 e. The van der Waals surface area contributed by atoms with Gasteiger partial charge in [0.05, 0.1) is 0 Å². The summed E-state index contributed by atoms with van der Waals surface area (Å²) in [6.45, 7) is 0. The minimum Gasteiger partial charge on any atom is -0.381 e. The number of hydrogen-bond acceptors (Lipinski definition) is 3. The maximum atomic E-state index is 12.1. The van der Waals surface area contributed by atoms with Crippen LogP contribution < -0.4 is 0 Å². The van der Waals surface area contributed by atoms with Crippen molar-refractivity contribution < 1.29 is 25.8 Å². The van der Waals surface area contributed by atoms with Crippen molar-refractivity contribution in [2.75, 3.05) is 0 Å². The topological polar surface area (TPSA) is 43.4 Å². The van der Waals surface area contributed by atoms with Crippen LogP contribution in [0.25, 0.3) is 6.08 Å². The summed E-state index contributed by atoms with van der Waals surface area (Å²) in [4.78, 5) is 0. The number of benzene rings is 1. The van der Waals surface area contributed by atoms with E-state index in [-0.39, 0.29) is 12.2 Å².